The molecule has 1 aliphatic rings. The predicted molar refractivity (Wildman–Crippen MR) is 46.4 cm³/mol. The highest BCUT2D eigenvalue weighted by atomic mass is 16.1. The standard InChI is InChI=1S/C10H16O/c1-3-9(4-2)10(11)7-8-5-6-8/h3,8H,4-7H2,1-2H3/b9-3+. The van der Waals surface area contributed by atoms with Gasteiger partial charge in [0.2, 0.25) is 0 Å². The summed E-state index contributed by atoms with van der Waals surface area (Å²) >= 11 is 0. The largest absolute Gasteiger partial charge is 0.295 e. The molecule has 0 radical (unpaired) electrons. The monoisotopic (exact) mass is 152 g/mol. The Bertz CT molecular complexity index is 175. The van der Waals surface area contributed by atoms with Crippen LogP contribution in [0.3, 0.4) is 0 Å². The zero-order valence-electron chi connectivity index (χ0n) is 7.39. The van der Waals surface area contributed by atoms with E-state index in [1.807, 2.05) is 19.9 Å². The molecule has 0 heterocycles. The van der Waals surface area contributed by atoms with Crippen LogP contribution >= 0.6 is 0 Å². The fourth-order valence-electron chi connectivity index (χ4n) is 1.28. The molecule has 1 aliphatic carbocycles. The average molecular weight is 152 g/mol. The molecular weight excluding hydrogens is 136 g/mol. The van der Waals surface area contributed by atoms with Crippen molar-refractivity contribution in [3.05, 3.63) is 11.6 Å². The van der Waals surface area contributed by atoms with Crippen LogP contribution in [0.4, 0.5) is 0 Å². The summed E-state index contributed by atoms with van der Waals surface area (Å²) in [6, 6.07) is 0. The normalized spacial score (nSPS) is 18.5. The van der Waals surface area contributed by atoms with Crippen LogP contribution in [0.5, 0.6) is 0 Å². The van der Waals surface area contributed by atoms with E-state index in [9.17, 15) is 4.79 Å². The predicted octanol–water partition coefficient (Wildman–Crippen LogP) is 2.71. The van der Waals surface area contributed by atoms with Gasteiger partial charge in [-0.3, -0.25) is 4.79 Å². The summed E-state index contributed by atoms with van der Waals surface area (Å²) in [5, 5.41) is 0. The number of hydrogen-bond acceptors (Lipinski definition) is 1. The SMILES string of the molecule is C/C=C(\CC)C(=O)CC1CC1. The highest BCUT2D eigenvalue weighted by Crippen LogP contribution is 2.33. The second-order valence-electron chi connectivity index (χ2n) is 3.24. The van der Waals surface area contributed by atoms with Crippen molar-refractivity contribution in [1.29, 1.82) is 0 Å². The first-order valence-corrected chi connectivity index (χ1v) is 4.46. The minimum absolute atomic E-state index is 0.373. The summed E-state index contributed by atoms with van der Waals surface area (Å²) in [6.07, 6.45) is 6.18. The minimum atomic E-state index is 0.373. The molecule has 11 heavy (non-hydrogen) atoms. The highest BCUT2D eigenvalue weighted by molar-refractivity contribution is 5.95. The molecule has 1 saturated carbocycles. The molecule has 0 spiro atoms. The lowest BCUT2D eigenvalue weighted by molar-refractivity contribution is -0.116. The Kier molecular flexibility index (Phi) is 2.86. The summed E-state index contributed by atoms with van der Waals surface area (Å²) in [4.78, 5) is 11.4. The Hall–Kier alpha value is -0.590. The lowest BCUT2D eigenvalue weighted by Crippen LogP contribution is -2.02. The molecule has 0 aliphatic heterocycles. The van der Waals surface area contributed by atoms with Gasteiger partial charge < -0.3 is 0 Å². The van der Waals surface area contributed by atoms with Crippen molar-refractivity contribution in [3.63, 3.8) is 0 Å². The van der Waals surface area contributed by atoms with Crippen molar-refractivity contribution in [2.75, 3.05) is 0 Å². The fraction of sp³-hybridized carbons (Fsp3) is 0.700. The van der Waals surface area contributed by atoms with Gasteiger partial charge in [0.05, 0.1) is 0 Å². The van der Waals surface area contributed by atoms with Gasteiger partial charge in [-0.05, 0) is 37.7 Å². The van der Waals surface area contributed by atoms with Crippen LogP contribution in [0.2, 0.25) is 0 Å². The maximum absolute atomic E-state index is 11.4. The van der Waals surface area contributed by atoms with Crippen molar-refractivity contribution in [3.8, 4) is 0 Å². The van der Waals surface area contributed by atoms with E-state index in [1.54, 1.807) is 0 Å². The van der Waals surface area contributed by atoms with Crippen LogP contribution in [0.25, 0.3) is 0 Å². The van der Waals surface area contributed by atoms with Crippen molar-refractivity contribution in [2.24, 2.45) is 5.92 Å². The lowest BCUT2D eigenvalue weighted by Gasteiger charge is -2.00. The molecule has 1 nitrogen and oxygen atoms in total. The van der Waals surface area contributed by atoms with Crippen LogP contribution in [-0.4, -0.2) is 5.78 Å². The van der Waals surface area contributed by atoms with Crippen LogP contribution in [0, 0.1) is 5.92 Å². The number of ketones is 1. The molecule has 1 rings (SSSR count). The lowest BCUT2D eigenvalue weighted by atomic mass is 10.0. The zero-order valence-corrected chi connectivity index (χ0v) is 7.39. The number of carbonyl (C=O) groups excluding carboxylic acids is 1. The van der Waals surface area contributed by atoms with Crippen molar-refractivity contribution >= 4 is 5.78 Å². The average Bonchev–Trinajstić information content (AvgIpc) is 2.74. The number of rotatable bonds is 4. The van der Waals surface area contributed by atoms with E-state index in [4.69, 9.17) is 0 Å². The Morgan fingerprint density at radius 3 is 2.55 bits per heavy atom. The number of allylic oxidation sites excluding steroid dienone is 2. The minimum Gasteiger partial charge on any atom is -0.295 e. The summed E-state index contributed by atoms with van der Waals surface area (Å²) in [5.74, 6) is 1.10. The van der Waals surface area contributed by atoms with E-state index in [0.717, 1.165) is 24.3 Å². The number of carbonyl (C=O) groups is 1. The second kappa shape index (κ2) is 3.70. The molecule has 1 fully saturated rings. The third kappa shape index (κ3) is 2.49. The van der Waals surface area contributed by atoms with Crippen LogP contribution in [-0.2, 0) is 4.79 Å². The molecular formula is C10H16O. The highest BCUT2D eigenvalue weighted by Gasteiger charge is 2.24. The van der Waals surface area contributed by atoms with Gasteiger partial charge in [0.1, 0.15) is 0 Å². The van der Waals surface area contributed by atoms with E-state index >= 15 is 0 Å². The van der Waals surface area contributed by atoms with Gasteiger partial charge in [0.25, 0.3) is 0 Å². The van der Waals surface area contributed by atoms with E-state index < -0.39 is 0 Å². The summed E-state index contributed by atoms with van der Waals surface area (Å²) < 4.78 is 0. The quantitative estimate of drug-likeness (QED) is 0.566. The Balaban J connectivity index is 2.37. The summed E-state index contributed by atoms with van der Waals surface area (Å²) in [5.41, 5.74) is 1.01. The Morgan fingerprint density at radius 1 is 1.55 bits per heavy atom. The van der Waals surface area contributed by atoms with E-state index in [1.165, 1.54) is 12.8 Å². The molecule has 0 aromatic heterocycles. The maximum Gasteiger partial charge on any atom is 0.158 e. The van der Waals surface area contributed by atoms with Gasteiger partial charge in [0.15, 0.2) is 5.78 Å². The first-order valence-electron chi connectivity index (χ1n) is 4.46. The van der Waals surface area contributed by atoms with Gasteiger partial charge in [-0.1, -0.05) is 13.0 Å². The van der Waals surface area contributed by atoms with E-state index in [2.05, 4.69) is 0 Å². The van der Waals surface area contributed by atoms with Gasteiger partial charge >= 0.3 is 0 Å². The zero-order chi connectivity index (χ0) is 8.27. The number of Topliss-reactive ketones (excluding diaryl/α,β-unsaturated/α-hetero) is 1. The van der Waals surface area contributed by atoms with Gasteiger partial charge in [-0.25, -0.2) is 0 Å². The van der Waals surface area contributed by atoms with E-state index in [0.29, 0.717) is 5.78 Å². The molecule has 62 valence electrons. The van der Waals surface area contributed by atoms with Crippen LogP contribution in [0.15, 0.2) is 11.6 Å². The topological polar surface area (TPSA) is 17.1 Å². The molecule has 0 aromatic rings. The van der Waals surface area contributed by atoms with Crippen LogP contribution in [0.1, 0.15) is 39.5 Å². The smallest absolute Gasteiger partial charge is 0.158 e. The first-order chi connectivity index (χ1) is 5.27. The molecule has 1 heteroatoms. The molecule has 0 N–H and O–H groups in total. The van der Waals surface area contributed by atoms with Crippen molar-refractivity contribution in [2.45, 2.75) is 39.5 Å². The van der Waals surface area contributed by atoms with E-state index in [-0.39, 0.29) is 0 Å². The molecule has 0 aromatic carbocycles. The summed E-state index contributed by atoms with van der Waals surface area (Å²) in [7, 11) is 0. The Labute approximate surface area is 68.5 Å². The molecule has 0 bridgehead atoms. The fourth-order valence-corrected chi connectivity index (χ4v) is 1.28. The summed E-state index contributed by atoms with van der Waals surface area (Å²) in [6.45, 7) is 3.99. The van der Waals surface area contributed by atoms with Gasteiger partial charge in [0, 0.05) is 6.42 Å². The molecule has 0 saturated heterocycles. The molecule has 0 amide bonds. The van der Waals surface area contributed by atoms with Crippen LogP contribution < -0.4 is 0 Å². The van der Waals surface area contributed by atoms with Gasteiger partial charge in [-0.2, -0.15) is 0 Å². The molecule has 0 atom stereocenters. The Morgan fingerprint density at radius 2 is 2.18 bits per heavy atom. The maximum atomic E-state index is 11.4. The van der Waals surface area contributed by atoms with Crippen molar-refractivity contribution < 1.29 is 4.79 Å². The third-order valence-corrected chi connectivity index (χ3v) is 2.26. The molecule has 0 unspecified atom stereocenters. The third-order valence-electron chi connectivity index (χ3n) is 2.26. The van der Waals surface area contributed by atoms with Gasteiger partial charge in [-0.15, -0.1) is 0 Å². The van der Waals surface area contributed by atoms with Crippen molar-refractivity contribution in [1.82, 2.24) is 0 Å². The first kappa shape index (κ1) is 8.51. The second-order valence-corrected chi connectivity index (χ2v) is 3.24. The number of hydrogen-bond donors (Lipinski definition) is 0.